The van der Waals surface area contributed by atoms with E-state index in [0.717, 1.165) is 0 Å². The molecule has 0 bridgehead atoms. The van der Waals surface area contributed by atoms with Crippen LogP contribution in [0.3, 0.4) is 0 Å². The molecule has 0 aromatic rings. The van der Waals surface area contributed by atoms with Gasteiger partial charge in [0.15, 0.2) is 0 Å². The van der Waals surface area contributed by atoms with Crippen molar-refractivity contribution < 1.29 is 0 Å². The fourth-order valence-corrected chi connectivity index (χ4v) is 1.59. The van der Waals surface area contributed by atoms with Gasteiger partial charge in [-0.3, -0.25) is 4.90 Å². The van der Waals surface area contributed by atoms with Crippen molar-refractivity contribution in [2.75, 3.05) is 13.1 Å². The first-order valence-corrected chi connectivity index (χ1v) is 5.01. The molecule has 1 heteroatoms. The molecule has 1 nitrogen and oxygen atoms in total. The summed E-state index contributed by atoms with van der Waals surface area (Å²) in [6.45, 7) is 7.25. The third kappa shape index (κ3) is 3.76. The van der Waals surface area contributed by atoms with Crippen molar-refractivity contribution in [3.05, 3.63) is 6.54 Å². The highest BCUT2D eigenvalue weighted by Gasteiger charge is 2.07. The second kappa shape index (κ2) is 5.59. The maximum absolute atomic E-state index is 2.51. The predicted molar refractivity (Wildman–Crippen MR) is 49.2 cm³/mol. The molecule has 0 amide bonds. The Balaban J connectivity index is 2.09. The van der Waals surface area contributed by atoms with E-state index in [1.807, 2.05) is 0 Å². The van der Waals surface area contributed by atoms with Crippen LogP contribution in [-0.4, -0.2) is 18.0 Å². The summed E-state index contributed by atoms with van der Waals surface area (Å²) in [5.41, 5.74) is 0. The second-order valence-corrected chi connectivity index (χ2v) is 3.42. The Morgan fingerprint density at radius 3 is 2.27 bits per heavy atom. The van der Waals surface area contributed by atoms with Crippen molar-refractivity contribution in [3.8, 4) is 0 Å². The van der Waals surface area contributed by atoms with Crippen LogP contribution < -0.4 is 0 Å². The quantitative estimate of drug-likeness (QED) is 0.604. The summed E-state index contributed by atoms with van der Waals surface area (Å²) in [5, 5.41) is 0. The largest absolute Gasteiger partial charge is 0.299 e. The Morgan fingerprint density at radius 1 is 1.09 bits per heavy atom. The fraction of sp³-hybridized carbons (Fsp3) is 0.900. The summed E-state index contributed by atoms with van der Waals surface area (Å²) in [7, 11) is 0. The van der Waals surface area contributed by atoms with Gasteiger partial charge in [0.25, 0.3) is 0 Å². The van der Waals surface area contributed by atoms with E-state index in [2.05, 4.69) is 18.4 Å². The van der Waals surface area contributed by atoms with Gasteiger partial charge in [-0.05, 0) is 32.4 Å². The van der Waals surface area contributed by atoms with Gasteiger partial charge in [0.2, 0.25) is 0 Å². The molecule has 1 aliphatic heterocycles. The van der Waals surface area contributed by atoms with Crippen LogP contribution in [0.1, 0.15) is 45.4 Å². The highest BCUT2D eigenvalue weighted by atomic mass is 15.1. The highest BCUT2D eigenvalue weighted by molar-refractivity contribution is 4.70. The first-order chi connectivity index (χ1) is 5.43. The van der Waals surface area contributed by atoms with Crippen molar-refractivity contribution in [3.63, 3.8) is 0 Å². The monoisotopic (exact) mass is 154 g/mol. The van der Waals surface area contributed by atoms with Crippen LogP contribution in [-0.2, 0) is 0 Å². The lowest BCUT2D eigenvalue weighted by Crippen LogP contribution is -2.21. The minimum Gasteiger partial charge on any atom is -0.299 e. The molecule has 11 heavy (non-hydrogen) atoms. The average Bonchev–Trinajstić information content (AvgIpc) is 2.28. The zero-order valence-electron chi connectivity index (χ0n) is 7.68. The van der Waals surface area contributed by atoms with Crippen molar-refractivity contribution in [1.29, 1.82) is 0 Å². The van der Waals surface area contributed by atoms with Crippen LogP contribution in [0.5, 0.6) is 0 Å². The Hall–Kier alpha value is -0.0400. The Bertz CT molecular complexity index is 82.9. The first-order valence-electron chi connectivity index (χ1n) is 5.01. The number of hydrogen-bond acceptors (Lipinski definition) is 1. The van der Waals surface area contributed by atoms with E-state index in [-0.39, 0.29) is 0 Å². The highest BCUT2D eigenvalue weighted by Crippen LogP contribution is 2.12. The smallest absolute Gasteiger partial charge is 0.0251 e. The molecule has 0 saturated carbocycles. The van der Waals surface area contributed by atoms with Gasteiger partial charge in [0.1, 0.15) is 0 Å². The third-order valence-corrected chi connectivity index (χ3v) is 2.32. The van der Waals surface area contributed by atoms with Crippen LogP contribution in [0.2, 0.25) is 0 Å². The van der Waals surface area contributed by atoms with Gasteiger partial charge in [-0.1, -0.05) is 26.2 Å². The Morgan fingerprint density at radius 2 is 1.73 bits per heavy atom. The van der Waals surface area contributed by atoms with E-state index in [0.29, 0.717) is 0 Å². The molecule has 1 heterocycles. The SMILES string of the molecule is CCC[CH]N1CCCCCC1. The molecule has 0 aliphatic carbocycles. The molecule has 1 saturated heterocycles. The zero-order valence-corrected chi connectivity index (χ0v) is 7.68. The number of unbranched alkanes of at least 4 members (excludes halogenated alkanes) is 1. The lowest BCUT2D eigenvalue weighted by molar-refractivity contribution is 0.336. The molecule has 0 aromatic heterocycles. The lowest BCUT2D eigenvalue weighted by Gasteiger charge is -2.18. The maximum atomic E-state index is 2.51. The van der Waals surface area contributed by atoms with Gasteiger partial charge in [-0.15, -0.1) is 0 Å². The van der Waals surface area contributed by atoms with Crippen molar-refractivity contribution >= 4 is 0 Å². The van der Waals surface area contributed by atoms with Crippen LogP contribution in [0.15, 0.2) is 0 Å². The molecule has 0 N–H and O–H groups in total. The molecule has 0 unspecified atom stereocenters. The van der Waals surface area contributed by atoms with Crippen LogP contribution in [0, 0.1) is 6.54 Å². The van der Waals surface area contributed by atoms with Gasteiger partial charge in [-0.2, -0.15) is 0 Å². The van der Waals surface area contributed by atoms with Crippen LogP contribution in [0.25, 0.3) is 0 Å². The summed E-state index contributed by atoms with van der Waals surface area (Å²) in [6, 6.07) is 0. The molecule has 1 aliphatic rings. The number of hydrogen-bond donors (Lipinski definition) is 0. The number of likely N-dealkylation sites (tertiary alicyclic amines) is 1. The molecule has 0 atom stereocenters. The van der Waals surface area contributed by atoms with Gasteiger partial charge in [0.05, 0.1) is 0 Å². The summed E-state index contributed by atoms with van der Waals surface area (Å²) in [6.07, 6.45) is 8.24. The van der Waals surface area contributed by atoms with Gasteiger partial charge in [-0.25, -0.2) is 0 Å². The fourth-order valence-electron chi connectivity index (χ4n) is 1.59. The Labute approximate surface area is 70.8 Å². The minimum absolute atomic E-state index is 1.26. The maximum Gasteiger partial charge on any atom is 0.0251 e. The summed E-state index contributed by atoms with van der Waals surface area (Å²) < 4.78 is 0. The predicted octanol–water partition coefficient (Wildman–Crippen LogP) is 2.82. The number of nitrogens with zero attached hydrogens (tertiary/aromatic N) is 1. The molecule has 65 valence electrons. The zero-order chi connectivity index (χ0) is 7.94. The molecule has 0 spiro atoms. The molecule has 1 fully saturated rings. The molecule has 1 radical (unpaired) electrons. The average molecular weight is 154 g/mol. The van der Waals surface area contributed by atoms with Crippen molar-refractivity contribution in [2.24, 2.45) is 0 Å². The van der Waals surface area contributed by atoms with Gasteiger partial charge in [0, 0.05) is 6.54 Å². The molecular weight excluding hydrogens is 134 g/mol. The molecule has 0 aromatic carbocycles. The third-order valence-electron chi connectivity index (χ3n) is 2.32. The topological polar surface area (TPSA) is 3.24 Å². The standard InChI is InChI=1S/C10H20N/c1-2-3-8-11-9-6-4-5-7-10-11/h8H,2-7,9-10H2,1H3. The van der Waals surface area contributed by atoms with E-state index < -0.39 is 0 Å². The van der Waals surface area contributed by atoms with Crippen molar-refractivity contribution in [1.82, 2.24) is 4.90 Å². The van der Waals surface area contributed by atoms with Crippen LogP contribution >= 0.6 is 0 Å². The van der Waals surface area contributed by atoms with Gasteiger partial charge >= 0.3 is 0 Å². The molecule has 1 rings (SSSR count). The minimum atomic E-state index is 1.26. The van der Waals surface area contributed by atoms with E-state index in [1.165, 1.54) is 51.6 Å². The van der Waals surface area contributed by atoms with Crippen molar-refractivity contribution in [2.45, 2.75) is 45.4 Å². The summed E-state index contributed by atoms with van der Waals surface area (Å²) in [4.78, 5) is 2.51. The summed E-state index contributed by atoms with van der Waals surface area (Å²) in [5.74, 6) is 0. The number of rotatable bonds is 3. The van der Waals surface area contributed by atoms with E-state index in [4.69, 9.17) is 0 Å². The second-order valence-electron chi connectivity index (χ2n) is 3.42. The Kier molecular flexibility index (Phi) is 4.60. The lowest BCUT2D eigenvalue weighted by atomic mass is 10.2. The van der Waals surface area contributed by atoms with E-state index >= 15 is 0 Å². The van der Waals surface area contributed by atoms with E-state index in [1.54, 1.807) is 0 Å². The van der Waals surface area contributed by atoms with Gasteiger partial charge < -0.3 is 0 Å². The van der Waals surface area contributed by atoms with Crippen LogP contribution in [0.4, 0.5) is 0 Å². The van der Waals surface area contributed by atoms with E-state index in [9.17, 15) is 0 Å². The normalized spacial score (nSPS) is 21.5. The summed E-state index contributed by atoms with van der Waals surface area (Å²) >= 11 is 0. The first kappa shape index (κ1) is 9.05. The molecular formula is C10H20N.